The van der Waals surface area contributed by atoms with Gasteiger partial charge in [0.25, 0.3) is 10.1 Å². The monoisotopic (exact) mass is 397 g/mol. The lowest BCUT2D eigenvalue weighted by molar-refractivity contribution is -0.138. The Morgan fingerprint density at radius 3 is 2.46 bits per heavy atom. The molecular formula is C15H18F3NO6S. The van der Waals surface area contributed by atoms with Crippen molar-refractivity contribution < 1.29 is 40.4 Å². The van der Waals surface area contributed by atoms with Crippen molar-refractivity contribution in [2.24, 2.45) is 0 Å². The van der Waals surface area contributed by atoms with Gasteiger partial charge in [-0.25, -0.2) is 4.79 Å². The maximum atomic E-state index is 13.0. The first kappa shape index (κ1) is 20.6. The number of esters is 1. The second kappa shape index (κ2) is 8.33. The van der Waals surface area contributed by atoms with Crippen molar-refractivity contribution in [1.29, 1.82) is 0 Å². The predicted octanol–water partition coefficient (Wildman–Crippen LogP) is 1.45. The molecule has 0 radical (unpaired) electrons. The van der Waals surface area contributed by atoms with Crippen LogP contribution in [-0.2, 0) is 25.8 Å². The number of hydrogen-bond donors (Lipinski definition) is 1. The lowest BCUT2D eigenvalue weighted by atomic mass is 10.1. The molecular weight excluding hydrogens is 379 g/mol. The molecule has 1 atom stereocenters. The Morgan fingerprint density at radius 2 is 1.88 bits per heavy atom. The number of morpholine rings is 1. The number of carbonyl (C=O) groups excluding carboxylic acids is 1. The summed E-state index contributed by atoms with van der Waals surface area (Å²) in [5.41, 5.74) is -1.90. The number of benzene rings is 1. The molecule has 1 aromatic rings. The zero-order valence-corrected chi connectivity index (χ0v) is 14.4. The van der Waals surface area contributed by atoms with Crippen LogP contribution in [-0.4, -0.2) is 68.5 Å². The highest BCUT2D eigenvalue weighted by Crippen LogP contribution is 2.32. The molecule has 1 aromatic carbocycles. The van der Waals surface area contributed by atoms with Crippen molar-refractivity contribution in [3.05, 3.63) is 35.4 Å². The van der Waals surface area contributed by atoms with Crippen LogP contribution in [0.15, 0.2) is 24.3 Å². The molecule has 0 amide bonds. The van der Waals surface area contributed by atoms with Crippen molar-refractivity contribution in [3.8, 4) is 0 Å². The third-order valence-corrected chi connectivity index (χ3v) is 4.48. The Bertz CT molecular complexity index is 731. The first-order valence-corrected chi connectivity index (χ1v) is 9.29. The molecule has 1 N–H and O–H groups in total. The van der Waals surface area contributed by atoms with Crippen LogP contribution >= 0.6 is 0 Å². The second-order valence-corrected chi connectivity index (χ2v) is 7.23. The summed E-state index contributed by atoms with van der Waals surface area (Å²) in [5.74, 6) is -2.22. The number of hydrogen-bond acceptors (Lipinski definition) is 6. The standard InChI is InChI=1S/C15H18F3NO6S/c16-15(17,18)13-4-2-1-3-12(13)14(20)25-11(10-26(21,22)23)9-19-5-7-24-8-6-19/h1-4,11H,5-10H2,(H,21,22,23). The molecule has 1 heterocycles. The van der Waals surface area contributed by atoms with Crippen LogP contribution in [0.25, 0.3) is 0 Å². The van der Waals surface area contributed by atoms with E-state index in [4.69, 9.17) is 14.0 Å². The van der Waals surface area contributed by atoms with E-state index in [-0.39, 0.29) is 6.54 Å². The Labute approximate surface area is 148 Å². The normalized spacial score (nSPS) is 17.7. The zero-order chi connectivity index (χ0) is 19.4. The predicted molar refractivity (Wildman–Crippen MR) is 84.3 cm³/mol. The summed E-state index contributed by atoms with van der Waals surface area (Å²) in [6.45, 7) is 1.62. The zero-order valence-electron chi connectivity index (χ0n) is 13.6. The minimum atomic E-state index is -4.77. The van der Waals surface area contributed by atoms with Crippen LogP contribution in [0.2, 0.25) is 0 Å². The summed E-state index contributed by atoms with van der Waals surface area (Å²) in [6.07, 6.45) is -6.09. The number of nitrogens with zero attached hydrogens (tertiary/aromatic N) is 1. The Morgan fingerprint density at radius 1 is 1.27 bits per heavy atom. The van der Waals surface area contributed by atoms with Gasteiger partial charge in [0.2, 0.25) is 0 Å². The quantitative estimate of drug-likeness (QED) is 0.574. The van der Waals surface area contributed by atoms with Gasteiger partial charge in [-0.1, -0.05) is 12.1 Å². The van der Waals surface area contributed by atoms with E-state index in [1.54, 1.807) is 4.90 Å². The molecule has 1 aliphatic rings. The maximum Gasteiger partial charge on any atom is 0.417 e. The summed E-state index contributed by atoms with van der Waals surface area (Å²) in [6, 6.07) is 4.05. The van der Waals surface area contributed by atoms with Crippen molar-refractivity contribution in [3.63, 3.8) is 0 Å². The van der Waals surface area contributed by atoms with Gasteiger partial charge in [-0.2, -0.15) is 21.6 Å². The van der Waals surface area contributed by atoms with Crippen LogP contribution in [0.4, 0.5) is 13.2 Å². The summed E-state index contributed by atoms with van der Waals surface area (Å²) >= 11 is 0. The van der Waals surface area contributed by atoms with Crippen molar-refractivity contribution in [2.75, 3.05) is 38.6 Å². The fraction of sp³-hybridized carbons (Fsp3) is 0.533. The van der Waals surface area contributed by atoms with E-state index in [9.17, 15) is 26.4 Å². The molecule has 0 spiro atoms. The second-order valence-electron chi connectivity index (χ2n) is 5.73. The van der Waals surface area contributed by atoms with Crippen LogP contribution < -0.4 is 0 Å². The van der Waals surface area contributed by atoms with E-state index in [1.165, 1.54) is 6.07 Å². The molecule has 0 saturated carbocycles. The van der Waals surface area contributed by atoms with E-state index in [0.29, 0.717) is 26.3 Å². The fourth-order valence-electron chi connectivity index (χ4n) is 2.55. The first-order valence-electron chi connectivity index (χ1n) is 7.69. The summed E-state index contributed by atoms with van der Waals surface area (Å²) in [7, 11) is -4.50. The lowest BCUT2D eigenvalue weighted by Crippen LogP contribution is -2.44. The van der Waals surface area contributed by atoms with E-state index < -0.39 is 45.2 Å². The largest absolute Gasteiger partial charge is 0.456 e. The molecule has 1 saturated heterocycles. The molecule has 11 heteroatoms. The van der Waals surface area contributed by atoms with E-state index in [2.05, 4.69) is 0 Å². The van der Waals surface area contributed by atoms with E-state index in [1.807, 2.05) is 0 Å². The average Bonchev–Trinajstić information content (AvgIpc) is 2.53. The summed E-state index contributed by atoms with van der Waals surface area (Å²) in [5, 5.41) is 0. The topological polar surface area (TPSA) is 93.1 Å². The van der Waals surface area contributed by atoms with Crippen LogP contribution in [0, 0.1) is 0 Å². The fourth-order valence-corrected chi connectivity index (χ4v) is 3.20. The number of carbonyl (C=O) groups is 1. The van der Waals surface area contributed by atoms with Gasteiger partial charge in [0.05, 0.1) is 24.3 Å². The number of halogens is 3. The van der Waals surface area contributed by atoms with Crippen LogP contribution in [0.5, 0.6) is 0 Å². The van der Waals surface area contributed by atoms with E-state index in [0.717, 1.165) is 18.2 Å². The van der Waals surface area contributed by atoms with Crippen molar-refractivity contribution in [2.45, 2.75) is 12.3 Å². The van der Waals surface area contributed by atoms with Crippen molar-refractivity contribution >= 4 is 16.1 Å². The minimum Gasteiger partial charge on any atom is -0.456 e. The Hall–Kier alpha value is -1.69. The molecule has 1 fully saturated rings. The Balaban J connectivity index is 2.18. The van der Waals surface area contributed by atoms with Gasteiger partial charge in [0.1, 0.15) is 11.9 Å². The third-order valence-electron chi connectivity index (χ3n) is 3.69. The average molecular weight is 397 g/mol. The van der Waals surface area contributed by atoms with Gasteiger partial charge < -0.3 is 9.47 Å². The number of alkyl halides is 3. The number of rotatable bonds is 6. The molecule has 0 aliphatic carbocycles. The smallest absolute Gasteiger partial charge is 0.417 e. The highest BCUT2D eigenvalue weighted by molar-refractivity contribution is 7.85. The first-order chi connectivity index (χ1) is 12.1. The summed E-state index contributed by atoms with van der Waals surface area (Å²) in [4.78, 5) is 13.9. The van der Waals surface area contributed by atoms with Gasteiger partial charge in [0, 0.05) is 19.6 Å². The van der Waals surface area contributed by atoms with Crippen LogP contribution in [0.3, 0.4) is 0 Å². The van der Waals surface area contributed by atoms with Gasteiger partial charge >= 0.3 is 12.1 Å². The molecule has 26 heavy (non-hydrogen) atoms. The molecule has 1 aliphatic heterocycles. The van der Waals surface area contributed by atoms with E-state index >= 15 is 0 Å². The molecule has 0 aromatic heterocycles. The molecule has 146 valence electrons. The highest BCUT2D eigenvalue weighted by Gasteiger charge is 2.36. The Kier molecular flexibility index (Phi) is 6.61. The third kappa shape index (κ3) is 6.24. The van der Waals surface area contributed by atoms with Crippen molar-refractivity contribution in [1.82, 2.24) is 4.90 Å². The van der Waals surface area contributed by atoms with Gasteiger partial charge in [0.15, 0.2) is 0 Å². The SMILES string of the molecule is O=C(OC(CN1CCOCC1)CS(=O)(=O)O)c1ccccc1C(F)(F)F. The maximum absolute atomic E-state index is 13.0. The molecule has 7 nitrogen and oxygen atoms in total. The molecule has 1 unspecified atom stereocenters. The lowest BCUT2D eigenvalue weighted by Gasteiger charge is -2.29. The molecule has 0 bridgehead atoms. The van der Waals surface area contributed by atoms with Gasteiger partial charge in [-0.05, 0) is 12.1 Å². The number of ether oxygens (including phenoxy) is 2. The minimum absolute atomic E-state index is 0.0525. The molecule has 2 rings (SSSR count). The highest BCUT2D eigenvalue weighted by atomic mass is 32.2. The van der Waals surface area contributed by atoms with Gasteiger partial charge in [-0.3, -0.25) is 9.45 Å². The van der Waals surface area contributed by atoms with Crippen LogP contribution in [0.1, 0.15) is 15.9 Å². The van der Waals surface area contributed by atoms with Gasteiger partial charge in [-0.15, -0.1) is 0 Å². The summed E-state index contributed by atoms with van der Waals surface area (Å²) < 4.78 is 80.6.